The average molecular weight is 237 g/mol. The van der Waals surface area contributed by atoms with Gasteiger partial charge in [0, 0.05) is 12.1 Å². The molecule has 0 spiro atoms. The maximum absolute atomic E-state index is 11.9. The second-order valence-electron chi connectivity index (χ2n) is 4.86. The van der Waals surface area contributed by atoms with Crippen molar-refractivity contribution in [3.63, 3.8) is 0 Å². The van der Waals surface area contributed by atoms with E-state index < -0.39 is 5.60 Å². The zero-order valence-corrected chi connectivity index (χ0v) is 10.4. The summed E-state index contributed by atoms with van der Waals surface area (Å²) < 4.78 is 5.38. The number of rotatable bonds is 3. The molecule has 4 heteroatoms. The van der Waals surface area contributed by atoms with Crippen LogP contribution in [0.15, 0.2) is 10.5 Å². The number of carbonyl (C=O) groups excluding carboxylic acids is 1. The van der Waals surface area contributed by atoms with Crippen LogP contribution in [-0.4, -0.2) is 16.6 Å². The second kappa shape index (κ2) is 4.53. The molecule has 0 atom stereocenters. The lowest BCUT2D eigenvalue weighted by atomic mass is 10.0. The summed E-state index contributed by atoms with van der Waals surface area (Å²) in [6.45, 7) is 4.17. The molecule has 2 N–H and O–H groups in total. The topological polar surface area (TPSA) is 62.5 Å². The molecule has 0 unspecified atom stereocenters. The Labute approximate surface area is 101 Å². The molecule has 1 saturated carbocycles. The lowest BCUT2D eigenvalue weighted by molar-refractivity contribution is -0.139. The minimum absolute atomic E-state index is 0.256. The third kappa shape index (κ3) is 2.52. The van der Waals surface area contributed by atoms with Gasteiger partial charge in [-0.05, 0) is 45.6 Å². The summed E-state index contributed by atoms with van der Waals surface area (Å²) in [5, 5.41) is 12.9. The van der Waals surface area contributed by atoms with Crippen molar-refractivity contribution in [2.45, 2.75) is 51.7 Å². The maximum Gasteiger partial charge on any atom is 0.252 e. The van der Waals surface area contributed by atoms with Gasteiger partial charge in [0.25, 0.3) is 5.91 Å². The van der Waals surface area contributed by atoms with Gasteiger partial charge in [0.05, 0.1) is 0 Å². The predicted molar refractivity (Wildman–Crippen MR) is 63.4 cm³/mol. The Morgan fingerprint density at radius 1 is 1.47 bits per heavy atom. The van der Waals surface area contributed by atoms with Crippen LogP contribution in [0.2, 0.25) is 0 Å². The van der Waals surface area contributed by atoms with Crippen LogP contribution in [0.5, 0.6) is 0 Å². The standard InChI is InChI=1S/C13H19NO3/c1-9-7-11(10(2)17-9)8-14-12(15)13(16)5-3-4-6-13/h7,16H,3-6,8H2,1-2H3,(H,14,15). The van der Waals surface area contributed by atoms with E-state index in [2.05, 4.69) is 5.32 Å². The molecule has 1 aromatic rings. The van der Waals surface area contributed by atoms with E-state index in [1.54, 1.807) is 0 Å². The highest BCUT2D eigenvalue weighted by atomic mass is 16.3. The molecule has 1 fully saturated rings. The summed E-state index contributed by atoms with van der Waals surface area (Å²) in [5.41, 5.74) is -0.176. The van der Waals surface area contributed by atoms with Crippen LogP contribution >= 0.6 is 0 Å². The zero-order chi connectivity index (χ0) is 12.5. The van der Waals surface area contributed by atoms with Gasteiger partial charge in [-0.3, -0.25) is 4.79 Å². The highest BCUT2D eigenvalue weighted by molar-refractivity contribution is 5.85. The summed E-state index contributed by atoms with van der Waals surface area (Å²) in [7, 11) is 0. The summed E-state index contributed by atoms with van der Waals surface area (Å²) in [5.74, 6) is 1.40. The first-order valence-corrected chi connectivity index (χ1v) is 6.08. The Morgan fingerprint density at radius 2 is 2.12 bits per heavy atom. The summed E-state index contributed by atoms with van der Waals surface area (Å²) in [6.07, 6.45) is 2.99. The highest BCUT2D eigenvalue weighted by Gasteiger charge is 2.38. The van der Waals surface area contributed by atoms with Crippen LogP contribution in [0, 0.1) is 13.8 Å². The Bertz CT molecular complexity index is 416. The molecule has 0 radical (unpaired) electrons. The molecule has 1 aliphatic carbocycles. The van der Waals surface area contributed by atoms with E-state index in [1.165, 1.54) is 0 Å². The average Bonchev–Trinajstić information content (AvgIpc) is 2.83. The fourth-order valence-corrected chi connectivity index (χ4v) is 2.39. The van der Waals surface area contributed by atoms with Gasteiger partial charge >= 0.3 is 0 Å². The van der Waals surface area contributed by atoms with Crippen molar-refractivity contribution in [3.05, 3.63) is 23.2 Å². The predicted octanol–water partition coefficient (Wildman–Crippen LogP) is 1.82. The van der Waals surface area contributed by atoms with Crippen molar-refractivity contribution in [1.82, 2.24) is 5.32 Å². The van der Waals surface area contributed by atoms with Crippen molar-refractivity contribution >= 4 is 5.91 Å². The molecule has 2 rings (SSSR count). The first kappa shape index (κ1) is 12.2. The molecule has 1 heterocycles. The molecule has 0 saturated heterocycles. The summed E-state index contributed by atoms with van der Waals surface area (Å²) >= 11 is 0. The first-order chi connectivity index (χ1) is 8.01. The van der Waals surface area contributed by atoms with E-state index in [0.29, 0.717) is 19.4 Å². The fraction of sp³-hybridized carbons (Fsp3) is 0.615. The number of hydrogen-bond acceptors (Lipinski definition) is 3. The summed E-state index contributed by atoms with van der Waals surface area (Å²) in [4.78, 5) is 11.9. The smallest absolute Gasteiger partial charge is 0.252 e. The van der Waals surface area contributed by atoms with Gasteiger partial charge in [0.1, 0.15) is 17.1 Å². The SMILES string of the molecule is Cc1cc(CNC(=O)C2(O)CCCC2)c(C)o1. The first-order valence-electron chi connectivity index (χ1n) is 6.08. The van der Waals surface area contributed by atoms with Crippen LogP contribution in [0.3, 0.4) is 0 Å². The number of furan rings is 1. The molecule has 0 bridgehead atoms. The monoisotopic (exact) mass is 237 g/mol. The Hall–Kier alpha value is -1.29. The van der Waals surface area contributed by atoms with Gasteiger partial charge in [-0.25, -0.2) is 0 Å². The third-order valence-electron chi connectivity index (χ3n) is 3.44. The second-order valence-corrected chi connectivity index (χ2v) is 4.86. The van der Waals surface area contributed by atoms with Crippen molar-refractivity contribution in [2.24, 2.45) is 0 Å². The van der Waals surface area contributed by atoms with Crippen molar-refractivity contribution in [3.8, 4) is 0 Å². The van der Waals surface area contributed by atoms with Gasteiger partial charge < -0.3 is 14.8 Å². The van der Waals surface area contributed by atoms with Gasteiger partial charge in [-0.2, -0.15) is 0 Å². The van der Waals surface area contributed by atoms with Gasteiger partial charge in [-0.1, -0.05) is 0 Å². The molecule has 0 aromatic carbocycles. The molecule has 1 amide bonds. The number of carbonyl (C=O) groups is 1. The molecule has 0 aliphatic heterocycles. The maximum atomic E-state index is 11.9. The number of amides is 1. The number of aliphatic hydroxyl groups is 1. The molecule has 1 aliphatic rings. The van der Waals surface area contributed by atoms with Gasteiger partial charge in [-0.15, -0.1) is 0 Å². The van der Waals surface area contributed by atoms with E-state index in [1.807, 2.05) is 19.9 Å². The van der Waals surface area contributed by atoms with E-state index in [4.69, 9.17) is 4.42 Å². The minimum Gasteiger partial charge on any atom is -0.466 e. The zero-order valence-electron chi connectivity index (χ0n) is 10.4. The Kier molecular flexibility index (Phi) is 3.24. The van der Waals surface area contributed by atoms with E-state index >= 15 is 0 Å². The van der Waals surface area contributed by atoms with Gasteiger partial charge in [0.2, 0.25) is 0 Å². The molecule has 94 valence electrons. The van der Waals surface area contributed by atoms with E-state index in [0.717, 1.165) is 29.9 Å². The van der Waals surface area contributed by atoms with E-state index in [-0.39, 0.29) is 5.91 Å². The van der Waals surface area contributed by atoms with Crippen LogP contribution in [0.25, 0.3) is 0 Å². The molecular weight excluding hydrogens is 218 g/mol. The molecule has 4 nitrogen and oxygen atoms in total. The van der Waals surface area contributed by atoms with Crippen molar-refractivity contribution in [2.75, 3.05) is 0 Å². The van der Waals surface area contributed by atoms with Crippen LogP contribution < -0.4 is 5.32 Å². The highest BCUT2D eigenvalue weighted by Crippen LogP contribution is 2.29. The fourth-order valence-electron chi connectivity index (χ4n) is 2.39. The van der Waals surface area contributed by atoms with Crippen molar-refractivity contribution < 1.29 is 14.3 Å². The van der Waals surface area contributed by atoms with Gasteiger partial charge in [0.15, 0.2) is 0 Å². The number of hydrogen-bond donors (Lipinski definition) is 2. The van der Waals surface area contributed by atoms with Crippen LogP contribution in [0.4, 0.5) is 0 Å². The normalized spacial score (nSPS) is 18.3. The largest absolute Gasteiger partial charge is 0.466 e. The third-order valence-corrected chi connectivity index (χ3v) is 3.44. The number of nitrogens with one attached hydrogen (secondary N) is 1. The van der Waals surface area contributed by atoms with Crippen molar-refractivity contribution in [1.29, 1.82) is 0 Å². The molecule has 1 aromatic heterocycles. The number of aryl methyl sites for hydroxylation is 2. The van der Waals surface area contributed by atoms with E-state index in [9.17, 15) is 9.90 Å². The Morgan fingerprint density at radius 3 is 2.65 bits per heavy atom. The molecule has 17 heavy (non-hydrogen) atoms. The minimum atomic E-state index is -1.15. The molecular formula is C13H19NO3. The Balaban J connectivity index is 1.94. The van der Waals surface area contributed by atoms with Crippen LogP contribution in [0.1, 0.15) is 42.8 Å². The summed E-state index contributed by atoms with van der Waals surface area (Å²) in [6, 6.07) is 1.91. The quantitative estimate of drug-likeness (QED) is 0.843. The lowest BCUT2D eigenvalue weighted by Gasteiger charge is -2.20. The lowest BCUT2D eigenvalue weighted by Crippen LogP contribution is -2.44. The van der Waals surface area contributed by atoms with Crippen LogP contribution in [-0.2, 0) is 11.3 Å².